The lowest BCUT2D eigenvalue weighted by molar-refractivity contribution is 0.269. The SMILES string of the molecule is CC1CC(C)NC(c2cnn(C)c2)C1. The number of hydrogen-bond donors (Lipinski definition) is 1. The zero-order valence-corrected chi connectivity index (χ0v) is 9.20. The third kappa shape index (κ3) is 1.98. The van der Waals surface area contributed by atoms with E-state index in [0.717, 1.165) is 5.92 Å². The zero-order valence-electron chi connectivity index (χ0n) is 9.20. The standard InChI is InChI=1S/C11H19N3/c1-8-4-9(2)13-11(5-8)10-6-12-14(3)7-10/h6-9,11,13H,4-5H2,1-3H3. The van der Waals surface area contributed by atoms with Crippen LogP contribution in [-0.2, 0) is 7.05 Å². The summed E-state index contributed by atoms with van der Waals surface area (Å²) in [6.07, 6.45) is 6.61. The van der Waals surface area contributed by atoms with E-state index in [1.165, 1.54) is 18.4 Å². The fourth-order valence-corrected chi connectivity index (χ4v) is 2.43. The van der Waals surface area contributed by atoms with Crippen molar-refractivity contribution in [1.29, 1.82) is 0 Å². The lowest BCUT2D eigenvalue weighted by Gasteiger charge is -2.32. The maximum atomic E-state index is 4.22. The Morgan fingerprint density at radius 3 is 2.79 bits per heavy atom. The molecule has 14 heavy (non-hydrogen) atoms. The van der Waals surface area contributed by atoms with Gasteiger partial charge in [-0.05, 0) is 25.7 Å². The molecule has 1 aromatic heterocycles. The van der Waals surface area contributed by atoms with Crippen LogP contribution in [0.25, 0.3) is 0 Å². The molecule has 0 bridgehead atoms. The monoisotopic (exact) mass is 193 g/mol. The van der Waals surface area contributed by atoms with Crippen molar-refractivity contribution in [3.8, 4) is 0 Å². The van der Waals surface area contributed by atoms with Gasteiger partial charge in [-0.25, -0.2) is 0 Å². The fraction of sp³-hybridized carbons (Fsp3) is 0.727. The molecule has 3 nitrogen and oxygen atoms in total. The highest BCUT2D eigenvalue weighted by Crippen LogP contribution is 2.28. The molecule has 2 heterocycles. The third-order valence-corrected chi connectivity index (χ3v) is 3.01. The lowest BCUT2D eigenvalue weighted by atomic mass is 9.88. The number of aromatic nitrogens is 2. The molecule has 3 heteroatoms. The maximum Gasteiger partial charge on any atom is 0.0537 e. The van der Waals surface area contributed by atoms with Crippen molar-refractivity contribution in [3.63, 3.8) is 0 Å². The van der Waals surface area contributed by atoms with Gasteiger partial charge in [0.2, 0.25) is 0 Å². The van der Waals surface area contributed by atoms with Crippen LogP contribution in [-0.4, -0.2) is 15.8 Å². The van der Waals surface area contributed by atoms with E-state index in [4.69, 9.17) is 0 Å². The van der Waals surface area contributed by atoms with E-state index >= 15 is 0 Å². The molecule has 1 aromatic rings. The minimum atomic E-state index is 0.502. The first kappa shape index (κ1) is 9.71. The topological polar surface area (TPSA) is 29.9 Å². The molecule has 0 aliphatic carbocycles. The second-order valence-corrected chi connectivity index (χ2v) is 4.64. The molecular weight excluding hydrogens is 174 g/mol. The van der Waals surface area contributed by atoms with Gasteiger partial charge in [-0.1, -0.05) is 6.92 Å². The molecule has 1 fully saturated rings. The van der Waals surface area contributed by atoms with Gasteiger partial charge < -0.3 is 5.32 Å². The second kappa shape index (κ2) is 3.73. The summed E-state index contributed by atoms with van der Waals surface area (Å²) >= 11 is 0. The van der Waals surface area contributed by atoms with Crippen molar-refractivity contribution < 1.29 is 0 Å². The molecule has 1 saturated heterocycles. The largest absolute Gasteiger partial charge is 0.307 e. The summed E-state index contributed by atoms with van der Waals surface area (Å²) in [7, 11) is 1.97. The predicted molar refractivity (Wildman–Crippen MR) is 56.9 cm³/mol. The first-order chi connectivity index (χ1) is 6.65. The van der Waals surface area contributed by atoms with Crippen molar-refractivity contribution in [1.82, 2.24) is 15.1 Å². The molecule has 1 aliphatic heterocycles. The van der Waals surface area contributed by atoms with Crippen LogP contribution in [0.4, 0.5) is 0 Å². The van der Waals surface area contributed by atoms with E-state index in [1.807, 2.05) is 17.9 Å². The number of piperidine rings is 1. The Balaban J connectivity index is 2.10. The molecule has 0 amide bonds. The predicted octanol–water partition coefficient (Wildman–Crippen LogP) is 1.87. The summed E-state index contributed by atoms with van der Waals surface area (Å²) in [6.45, 7) is 4.60. The van der Waals surface area contributed by atoms with E-state index in [9.17, 15) is 0 Å². The van der Waals surface area contributed by atoms with Crippen LogP contribution < -0.4 is 5.32 Å². The quantitative estimate of drug-likeness (QED) is 0.738. The van der Waals surface area contributed by atoms with Crippen LogP contribution in [0, 0.1) is 5.92 Å². The van der Waals surface area contributed by atoms with Gasteiger partial charge in [0.1, 0.15) is 0 Å². The highest BCUT2D eigenvalue weighted by atomic mass is 15.2. The van der Waals surface area contributed by atoms with E-state index in [-0.39, 0.29) is 0 Å². The summed E-state index contributed by atoms with van der Waals surface area (Å²) in [5.41, 5.74) is 1.32. The Kier molecular flexibility index (Phi) is 2.59. The summed E-state index contributed by atoms with van der Waals surface area (Å²) < 4.78 is 1.88. The van der Waals surface area contributed by atoms with Gasteiger partial charge in [-0.15, -0.1) is 0 Å². The first-order valence-electron chi connectivity index (χ1n) is 5.39. The molecule has 0 spiro atoms. The van der Waals surface area contributed by atoms with Crippen molar-refractivity contribution in [2.45, 2.75) is 38.8 Å². The Morgan fingerprint density at radius 1 is 1.43 bits per heavy atom. The highest BCUT2D eigenvalue weighted by Gasteiger charge is 2.24. The summed E-state index contributed by atoms with van der Waals surface area (Å²) in [5.74, 6) is 0.816. The molecule has 1 aliphatic rings. The normalized spacial score (nSPS) is 33.2. The molecule has 78 valence electrons. The molecule has 1 N–H and O–H groups in total. The van der Waals surface area contributed by atoms with Crippen molar-refractivity contribution in [2.24, 2.45) is 13.0 Å². The van der Waals surface area contributed by atoms with Crippen LogP contribution in [0.2, 0.25) is 0 Å². The fourth-order valence-electron chi connectivity index (χ4n) is 2.43. The van der Waals surface area contributed by atoms with Gasteiger partial charge in [0.05, 0.1) is 6.20 Å². The van der Waals surface area contributed by atoms with Crippen molar-refractivity contribution in [2.75, 3.05) is 0 Å². The Bertz CT molecular complexity index is 295. The van der Waals surface area contributed by atoms with Gasteiger partial charge in [0.25, 0.3) is 0 Å². The molecular formula is C11H19N3. The van der Waals surface area contributed by atoms with Gasteiger partial charge >= 0.3 is 0 Å². The Labute approximate surface area is 85.5 Å². The minimum Gasteiger partial charge on any atom is -0.307 e. The third-order valence-electron chi connectivity index (χ3n) is 3.01. The van der Waals surface area contributed by atoms with Crippen LogP contribution >= 0.6 is 0 Å². The average molecular weight is 193 g/mol. The van der Waals surface area contributed by atoms with Gasteiger partial charge in [-0.2, -0.15) is 5.10 Å². The summed E-state index contributed by atoms with van der Waals surface area (Å²) in [4.78, 5) is 0. The van der Waals surface area contributed by atoms with Crippen molar-refractivity contribution >= 4 is 0 Å². The Morgan fingerprint density at radius 2 is 2.21 bits per heavy atom. The van der Waals surface area contributed by atoms with Crippen LogP contribution in [0.5, 0.6) is 0 Å². The number of nitrogens with one attached hydrogen (secondary N) is 1. The van der Waals surface area contributed by atoms with Crippen LogP contribution in [0.3, 0.4) is 0 Å². The summed E-state index contributed by atoms with van der Waals surface area (Å²) in [6, 6.07) is 1.13. The maximum absolute atomic E-state index is 4.22. The molecule has 2 rings (SSSR count). The smallest absolute Gasteiger partial charge is 0.0537 e. The van der Waals surface area contributed by atoms with Crippen molar-refractivity contribution in [3.05, 3.63) is 18.0 Å². The molecule has 3 unspecified atom stereocenters. The minimum absolute atomic E-state index is 0.502. The zero-order chi connectivity index (χ0) is 10.1. The molecule has 3 atom stereocenters. The first-order valence-corrected chi connectivity index (χ1v) is 5.39. The lowest BCUT2D eigenvalue weighted by Crippen LogP contribution is -2.37. The van der Waals surface area contributed by atoms with E-state index < -0.39 is 0 Å². The second-order valence-electron chi connectivity index (χ2n) is 4.64. The molecule has 0 saturated carbocycles. The van der Waals surface area contributed by atoms with Crippen LogP contribution in [0.15, 0.2) is 12.4 Å². The van der Waals surface area contributed by atoms with Gasteiger partial charge in [0, 0.05) is 30.9 Å². The van der Waals surface area contributed by atoms with Gasteiger partial charge in [-0.3, -0.25) is 4.68 Å². The van der Waals surface area contributed by atoms with E-state index in [2.05, 4.69) is 30.5 Å². The van der Waals surface area contributed by atoms with E-state index in [1.54, 1.807) is 0 Å². The van der Waals surface area contributed by atoms with Gasteiger partial charge in [0.15, 0.2) is 0 Å². The van der Waals surface area contributed by atoms with E-state index in [0.29, 0.717) is 12.1 Å². The van der Waals surface area contributed by atoms with Crippen LogP contribution in [0.1, 0.15) is 38.3 Å². The number of nitrogens with zero attached hydrogens (tertiary/aromatic N) is 2. The number of rotatable bonds is 1. The number of hydrogen-bond acceptors (Lipinski definition) is 2. The molecule has 0 radical (unpaired) electrons. The summed E-state index contributed by atoms with van der Waals surface area (Å²) in [5, 5.41) is 7.84. The average Bonchev–Trinajstić information content (AvgIpc) is 2.50. The highest BCUT2D eigenvalue weighted by molar-refractivity contribution is 5.11. The molecule has 0 aromatic carbocycles. The Hall–Kier alpha value is -0.830. The number of aryl methyl sites for hydroxylation is 1.